The Kier molecular flexibility index (Phi) is 5.66. The molecule has 4 nitrogen and oxygen atoms in total. The standard InChI is InChI=1S/C14H20BrNO3/c1-14(2,6-3-7-15)9-16-13(19)10-4-5-11(17)12(18)8-10/h4-5,8,17-18H,3,6-7,9H2,1-2H3,(H,16,19). The van der Waals surface area contributed by atoms with Gasteiger partial charge in [0.25, 0.3) is 5.91 Å². The summed E-state index contributed by atoms with van der Waals surface area (Å²) < 4.78 is 0. The molecule has 0 radical (unpaired) electrons. The quantitative estimate of drug-likeness (QED) is 0.555. The number of aromatic hydroxyl groups is 2. The van der Waals surface area contributed by atoms with Crippen LogP contribution in [0.15, 0.2) is 18.2 Å². The number of phenols is 2. The van der Waals surface area contributed by atoms with Gasteiger partial charge in [0.2, 0.25) is 0 Å². The van der Waals surface area contributed by atoms with Gasteiger partial charge in [0.1, 0.15) is 0 Å². The van der Waals surface area contributed by atoms with Crippen LogP contribution in [-0.2, 0) is 0 Å². The maximum Gasteiger partial charge on any atom is 0.251 e. The van der Waals surface area contributed by atoms with Gasteiger partial charge in [-0.1, -0.05) is 29.8 Å². The summed E-state index contributed by atoms with van der Waals surface area (Å²) in [5.41, 5.74) is 0.370. The third-order valence-corrected chi connectivity index (χ3v) is 3.51. The van der Waals surface area contributed by atoms with Crippen molar-refractivity contribution < 1.29 is 15.0 Å². The number of amides is 1. The van der Waals surface area contributed by atoms with E-state index < -0.39 is 0 Å². The van der Waals surface area contributed by atoms with E-state index in [1.165, 1.54) is 18.2 Å². The molecule has 0 fully saturated rings. The molecule has 0 saturated heterocycles. The number of hydrogen-bond donors (Lipinski definition) is 3. The molecule has 19 heavy (non-hydrogen) atoms. The molecule has 5 heteroatoms. The van der Waals surface area contributed by atoms with Crippen molar-refractivity contribution in [1.29, 1.82) is 0 Å². The molecule has 0 aliphatic heterocycles. The van der Waals surface area contributed by atoms with E-state index in [1.807, 2.05) is 0 Å². The molecule has 3 N–H and O–H groups in total. The molecule has 1 rings (SSSR count). The molecular formula is C14H20BrNO3. The Balaban J connectivity index is 2.57. The highest BCUT2D eigenvalue weighted by Gasteiger charge is 2.19. The lowest BCUT2D eigenvalue weighted by molar-refractivity contribution is 0.0934. The van der Waals surface area contributed by atoms with Gasteiger partial charge in [-0.05, 0) is 36.5 Å². The number of phenolic OH excluding ortho intramolecular Hbond substituents is 2. The van der Waals surface area contributed by atoms with Gasteiger partial charge in [-0.2, -0.15) is 0 Å². The van der Waals surface area contributed by atoms with Gasteiger partial charge in [-0.15, -0.1) is 0 Å². The second-order valence-corrected chi connectivity index (χ2v) is 6.14. The number of benzene rings is 1. The SMILES string of the molecule is CC(C)(CCCBr)CNC(=O)c1ccc(O)c(O)c1. The molecule has 0 aliphatic rings. The summed E-state index contributed by atoms with van der Waals surface area (Å²) in [6.07, 6.45) is 2.07. The monoisotopic (exact) mass is 329 g/mol. The minimum Gasteiger partial charge on any atom is -0.504 e. The van der Waals surface area contributed by atoms with E-state index in [0.29, 0.717) is 12.1 Å². The second-order valence-electron chi connectivity index (χ2n) is 5.34. The van der Waals surface area contributed by atoms with Crippen LogP contribution in [0.3, 0.4) is 0 Å². The van der Waals surface area contributed by atoms with Crippen molar-refractivity contribution in [2.75, 3.05) is 11.9 Å². The van der Waals surface area contributed by atoms with Crippen molar-refractivity contribution >= 4 is 21.8 Å². The van der Waals surface area contributed by atoms with Gasteiger partial charge >= 0.3 is 0 Å². The molecule has 0 atom stereocenters. The lowest BCUT2D eigenvalue weighted by Gasteiger charge is -2.24. The van der Waals surface area contributed by atoms with Gasteiger partial charge in [0.05, 0.1) is 0 Å². The highest BCUT2D eigenvalue weighted by Crippen LogP contribution is 2.25. The Hall–Kier alpha value is -1.23. The van der Waals surface area contributed by atoms with E-state index in [0.717, 1.165) is 18.2 Å². The van der Waals surface area contributed by atoms with Crippen LogP contribution >= 0.6 is 15.9 Å². The Labute approximate surface area is 122 Å². The van der Waals surface area contributed by atoms with Gasteiger partial charge < -0.3 is 15.5 Å². The summed E-state index contributed by atoms with van der Waals surface area (Å²) in [4.78, 5) is 11.9. The normalized spacial score (nSPS) is 11.3. The average Bonchev–Trinajstić information content (AvgIpc) is 2.37. The predicted molar refractivity (Wildman–Crippen MR) is 78.9 cm³/mol. The first-order valence-electron chi connectivity index (χ1n) is 6.22. The Morgan fingerprint density at radius 2 is 2.00 bits per heavy atom. The molecule has 0 saturated carbocycles. The first kappa shape index (κ1) is 15.8. The third kappa shape index (κ3) is 5.11. The van der Waals surface area contributed by atoms with E-state index >= 15 is 0 Å². The topological polar surface area (TPSA) is 69.6 Å². The van der Waals surface area contributed by atoms with Gasteiger partial charge in [-0.3, -0.25) is 4.79 Å². The minimum atomic E-state index is -0.286. The number of rotatable bonds is 6. The molecule has 1 amide bonds. The minimum absolute atomic E-state index is 0.0302. The summed E-state index contributed by atoms with van der Waals surface area (Å²) in [5, 5.41) is 22.4. The van der Waals surface area contributed by atoms with Crippen molar-refractivity contribution in [1.82, 2.24) is 5.32 Å². The van der Waals surface area contributed by atoms with Crippen molar-refractivity contribution in [3.05, 3.63) is 23.8 Å². The fourth-order valence-corrected chi connectivity index (χ4v) is 2.00. The summed E-state index contributed by atoms with van der Waals surface area (Å²) in [6.45, 7) is 4.77. The lowest BCUT2D eigenvalue weighted by atomic mass is 9.88. The fourth-order valence-electron chi connectivity index (χ4n) is 1.72. The number of carbonyl (C=O) groups excluding carboxylic acids is 1. The van der Waals surface area contributed by atoms with Gasteiger partial charge in [0, 0.05) is 17.4 Å². The van der Waals surface area contributed by atoms with E-state index in [9.17, 15) is 15.0 Å². The zero-order valence-corrected chi connectivity index (χ0v) is 12.8. The molecule has 106 valence electrons. The average molecular weight is 330 g/mol. The van der Waals surface area contributed by atoms with Crippen LogP contribution < -0.4 is 5.32 Å². The van der Waals surface area contributed by atoms with Crippen LogP contribution in [0.25, 0.3) is 0 Å². The Bertz CT molecular complexity index is 446. The van der Waals surface area contributed by atoms with Crippen LogP contribution in [0.4, 0.5) is 0 Å². The van der Waals surface area contributed by atoms with E-state index in [1.54, 1.807) is 0 Å². The van der Waals surface area contributed by atoms with Crippen LogP contribution in [0.5, 0.6) is 11.5 Å². The number of carbonyl (C=O) groups is 1. The molecule has 1 aromatic rings. The second kappa shape index (κ2) is 6.80. The van der Waals surface area contributed by atoms with E-state index in [-0.39, 0.29) is 22.8 Å². The van der Waals surface area contributed by atoms with Crippen molar-refractivity contribution in [2.24, 2.45) is 5.41 Å². The summed E-state index contributed by atoms with van der Waals surface area (Å²) in [6, 6.07) is 4.05. The van der Waals surface area contributed by atoms with Crippen molar-refractivity contribution in [3.8, 4) is 11.5 Å². The van der Waals surface area contributed by atoms with Gasteiger partial charge in [0.15, 0.2) is 11.5 Å². The van der Waals surface area contributed by atoms with Crippen LogP contribution in [0, 0.1) is 5.41 Å². The zero-order valence-electron chi connectivity index (χ0n) is 11.2. The lowest BCUT2D eigenvalue weighted by Crippen LogP contribution is -2.34. The Morgan fingerprint density at radius 1 is 1.32 bits per heavy atom. The molecule has 0 spiro atoms. The molecule has 0 bridgehead atoms. The first-order valence-corrected chi connectivity index (χ1v) is 7.34. The number of alkyl halides is 1. The smallest absolute Gasteiger partial charge is 0.251 e. The molecule has 0 aliphatic carbocycles. The highest BCUT2D eigenvalue weighted by atomic mass is 79.9. The number of nitrogens with one attached hydrogen (secondary N) is 1. The van der Waals surface area contributed by atoms with Crippen molar-refractivity contribution in [2.45, 2.75) is 26.7 Å². The molecule has 0 heterocycles. The van der Waals surface area contributed by atoms with Crippen LogP contribution in [0.2, 0.25) is 0 Å². The molecule has 1 aromatic carbocycles. The number of hydrogen-bond acceptors (Lipinski definition) is 3. The summed E-state index contributed by atoms with van der Waals surface area (Å²) in [5.74, 6) is -0.761. The molecule has 0 unspecified atom stereocenters. The predicted octanol–water partition coefficient (Wildman–Crippen LogP) is 3.03. The fraction of sp³-hybridized carbons (Fsp3) is 0.500. The maximum atomic E-state index is 11.9. The first-order chi connectivity index (χ1) is 8.85. The molecular weight excluding hydrogens is 310 g/mol. The van der Waals surface area contributed by atoms with Crippen LogP contribution in [0.1, 0.15) is 37.0 Å². The zero-order chi connectivity index (χ0) is 14.5. The van der Waals surface area contributed by atoms with E-state index in [4.69, 9.17) is 0 Å². The van der Waals surface area contributed by atoms with Crippen LogP contribution in [-0.4, -0.2) is 28.0 Å². The Morgan fingerprint density at radius 3 is 2.58 bits per heavy atom. The number of halogens is 1. The maximum absolute atomic E-state index is 11.9. The summed E-state index contributed by atoms with van der Waals surface area (Å²) >= 11 is 3.39. The van der Waals surface area contributed by atoms with Gasteiger partial charge in [-0.25, -0.2) is 0 Å². The largest absolute Gasteiger partial charge is 0.504 e. The van der Waals surface area contributed by atoms with Crippen molar-refractivity contribution in [3.63, 3.8) is 0 Å². The molecule has 0 aromatic heterocycles. The summed E-state index contributed by atoms with van der Waals surface area (Å²) in [7, 11) is 0. The third-order valence-electron chi connectivity index (χ3n) is 2.95. The highest BCUT2D eigenvalue weighted by molar-refractivity contribution is 9.09. The van der Waals surface area contributed by atoms with E-state index in [2.05, 4.69) is 35.1 Å².